The number of aryl methyl sites for hydroxylation is 1. The van der Waals surface area contributed by atoms with Gasteiger partial charge in [-0.2, -0.15) is 0 Å². The lowest BCUT2D eigenvalue weighted by Gasteiger charge is -2.50. The Morgan fingerprint density at radius 2 is 1.79 bits per heavy atom. The topological polar surface area (TPSA) is 128 Å². The minimum Gasteiger partial charge on any atom is -0.487 e. The van der Waals surface area contributed by atoms with Crippen molar-refractivity contribution in [1.82, 2.24) is 14.8 Å². The van der Waals surface area contributed by atoms with Crippen LogP contribution in [0.5, 0.6) is 10.9 Å². The van der Waals surface area contributed by atoms with Gasteiger partial charge in [0.15, 0.2) is 5.75 Å². The average Bonchev–Trinajstić information content (AvgIpc) is 3.36. The van der Waals surface area contributed by atoms with Crippen LogP contribution in [0.1, 0.15) is 37.6 Å². The molecule has 1 aromatic heterocycles. The van der Waals surface area contributed by atoms with Crippen LogP contribution in [-0.2, 0) is 14.3 Å². The molecule has 1 fully saturated rings. The van der Waals surface area contributed by atoms with Crippen molar-refractivity contribution in [3.8, 4) is 10.9 Å². The fourth-order valence-corrected chi connectivity index (χ4v) is 6.61. The smallest absolute Gasteiger partial charge is 0.410 e. The number of halogens is 2. The normalized spacial score (nSPS) is 20.1. The van der Waals surface area contributed by atoms with Gasteiger partial charge >= 0.3 is 18.2 Å². The molecule has 0 aliphatic carbocycles. The number of piperazine rings is 1. The molecule has 42 heavy (non-hydrogen) atoms. The van der Waals surface area contributed by atoms with E-state index in [1.807, 2.05) is 6.92 Å². The number of carbonyl (C=O) groups is 3. The molecule has 2 aliphatic rings. The van der Waals surface area contributed by atoms with Gasteiger partial charge in [0, 0.05) is 25.2 Å². The number of fused-ring (bicyclic) bond motifs is 2. The van der Waals surface area contributed by atoms with Crippen LogP contribution in [0.3, 0.4) is 0 Å². The van der Waals surface area contributed by atoms with Gasteiger partial charge in [0.05, 0.1) is 40.5 Å². The molecule has 2 amide bonds. The molecule has 2 bridgehead atoms. The highest BCUT2D eigenvalue weighted by molar-refractivity contribution is 7.14. The first-order valence-electron chi connectivity index (χ1n) is 13.2. The van der Waals surface area contributed by atoms with Crippen LogP contribution in [0.4, 0.5) is 9.59 Å². The highest BCUT2D eigenvalue weighted by Crippen LogP contribution is 2.43. The van der Waals surface area contributed by atoms with E-state index in [0.717, 1.165) is 16.0 Å². The standard InChI is InChI=1S/C28H33Cl2N3O8S/c1-15-8-19(29)24(20(30)9-15)39-6-7-40-25-31-12-22(42-25)18-10-16-13-32(27(37)41-28(2,3)4)14-21(33(16)26(35)36)17(18)11-23(34)38-5/h8-10,12,16-17,21H,6-7,11,13-14H2,1-5H3,(H,35,36). The number of carbonyl (C=O) groups excluding carboxylic acids is 2. The summed E-state index contributed by atoms with van der Waals surface area (Å²) in [5, 5.41) is 11.2. The van der Waals surface area contributed by atoms with Crippen LogP contribution in [0.25, 0.3) is 5.57 Å². The van der Waals surface area contributed by atoms with Gasteiger partial charge in [-0.15, -0.1) is 0 Å². The molecule has 2 aliphatic heterocycles. The Bertz CT molecular complexity index is 1350. The van der Waals surface area contributed by atoms with Crippen molar-refractivity contribution in [2.45, 2.75) is 51.8 Å². The third-order valence-electron chi connectivity index (χ3n) is 6.72. The fourth-order valence-electron chi connectivity index (χ4n) is 5.03. The number of rotatable bonds is 8. The van der Waals surface area contributed by atoms with Crippen LogP contribution in [-0.4, -0.2) is 89.1 Å². The number of ether oxygens (including phenoxy) is 4. The third-order valence-corrected chi connectivity index (χ3v) is 8.24. The van der Waals surface area contributed by atoms with E-state index in [2.05, 4.69) is 4.98 Å². The summed E-state index contributed by atoms with van der Waals surface area (Å²) < 4.78 is 22.0. The van der Waals surface area contributed by atoms with Crippen LogP contribution < -0.4 is 9.47 Å². The van der Waals surface area contributed by atoms with Gasteiger partial charge in [0.1, 0.15) is 18.8 Å². The van der Waals surface area contributed by atoms with E-state index in [1.165, 1.54) is 28.2 Å². The van der Waals surface area contributed by atoms with Crippen molar-refractivity contribution in [1.29, 1.82) is 0 Å². The van der Waals surface area contributed by atoms with E-state index >= 15 is 0 Å². The summed E-state index contributed by atoms with van der Waals surface area (Å²) in [5.41, 5.74) is 0.948. The predicted molar refractivity (Wildman–Crippen MR) is 158 cm³/mol. The first-order chi connectivity index (χ1) is 19.8. The maximum atomic E-state index is 12.9. The molecular formula is C28H33Cl2N3O8S. The molecule has 3 atom stereocenters. The number of aromatic nitrogens is 1. The maximum Gasteiger partial charge on any atom is 0.410 e. The fraction of sp³-hybridized carbons (Fsp3) is 0.500. The second-order valence-corrected chi connectivity index (χ2v) is 12.8. The van der Waals surface area contributed by atoms with Crippen molar-refractivity contribution < 1.29 is 38.4 Å². The van der Waals surface area contributed by atoms with Gasteiger partial charge in [-0.05, 0) is 51.0 Å². The number of hydrogen-bond acceptors (Lipinski definition) is 9. The van der Waals surface area contributed by atoms with Gasteiger partial charge in [-0.25, -0.2) is 14.6 Å². The van der Waals surface area contributed by atoms with Crippen LogP contribution in [0.15, 0.2) is 24.4 Å². The average molecular weight is 643 g/mol. The highest BCUT2D eigenvalue weighted by Gasteiger charge is 2.48. The Morgan fingerprint density at radius 3 is 2.40 bits per heavy atom. The molecule has 0 radical (unpaired) electrons. The molecule has 4 rings (SSSR count). The van der Waals surface area contributed by atoms with Crippen LogP contribution >= 0.6 is 34.5 Å². The van der Waals surface area contributed by atoms with Crippen molar-refractivity contribution in [2.75, 3.05) is 33.4 Å². The number of benzene rings is 1. The second-order valence-electron chi connectivity index (χ2n) is 11.0. The zero-order valence-electron chi connectivity index (χ0n) is 23.9. The Hall–Kier alpha value is -3.22. The number of methoxy groups -OCH3 is 1. The molecule has 228 valence electrons. The quantitative estimate of drug-likeness (QED) is 0.282. The van der Waals surface area contributed by atoms with Crippen molar-refractivity contribution in [2.24, 2.45) is 5.92 Å². The molecule has 1 aromatic carbocycles. The maximum absolute atomic E-state index is 12.9. The van der Waals surface area contributed by atoms with Crippen LogP contribution in [0.2, 0.25) is 10.0 Å². The summed E-state index contributed by atoms with van der Waals surface area (Å²) in [7, 11) is 1.28. The number of nitrogens with zero attached hydrogens (tertiary/aromatic N) is 3. The SMILES string of the molecule is COC(=O)CC1C(c2cnc(OCCOc3c(Cl)cc(C)cc3Cl)s2)=CC2CN(C(=O)OC(C)(C)C)CC1N2C(=O)O. The molecule has 0 saturated carbocycles. The Labute approximate surface area is 257 Å². The third kappa shape index (κ3) is 7.40. The van der Waals surface area contributed by atoms with E-state index in [-0.39, 0.29) is 32.7 Å². The number of esters is 1. The lowest BCUT2D eigenvalue weighted by atomic mass is 9.79. The molecular weight excluding hydrogens is 609 g/mol. The molecule has 14 heteroatoms. The Kier molecular flexibility index (Phi) is 9.79. The first kappa shape index (κ1) is 31.7. The monoisotopic (exact) mass is 641 g/mol. The summed E-state index contributed by atoms with van der Waals surface area (Å²) >= 11 is 13.7. The van der Waals surface area contributed by atoms with Crippen molar-refractivity contribution in [3.05, 3.63) is 44.9 Å². The van der Waals surface area contributed by atoms with Gasteiger partial charge in [-0.1, -0.05) is 40.6 Å². The number of thiazole rings is 1. The van der Waals surface area contributed by atoms with E-state index in [0.29, 0.717) is 21.0 Å². The molecule has 3 unspecified atom stereocenters. The predicted octanol–water partition coefficient (Wildman–Crippen LogP) is 5.76. The van der Waals surface area contributed by atoms with E-state index in [1.54, 1.807) is 45.2 Å². The van der Waals surface area contributed by atoms with Crippen molar-refractivity contribution >= 4 is 58.3 Å². The Morgan fingerprint density at radius 1 is 1.12 bits per heavy atom. The number of hydrogen-bond donors (Lipinski definition) is 1. The zero-order chi connectivity index (χ0) is 30.8. The van der Waals surface area contributed by atoms with E-state index in [4.69, 9.17) is 42.1 Å². The van der Waals surface area contributed by atoms with Gasteiger partial charge < -0.3 is 29.0 Å². The molecule has 0 spiro atoms. The van der Waals surface area contributed by atoms with E-state index in [9.17, 15) is 19.5 Å². The molecule has 1 saturated heterocycles. The lowest BCUT2D eigenvalue weighted by molar-refractivity contribution is -0.142. The first-order valence-corrected chi connectivity index (χ1v) is 14.8. The van der Waals surface area contributed by atoms with Gasteiger partial charge in [-0.3, -0.25) is 9.69 Å². The highest BCUT2D eigenvalue weighted by atomic mass is 35.5. The Balaban J connectivity index is 1.53. The summed E-state index contributed by atoms with van der Waals surface area (Å²) in [4.78, 5) is 45.6. The summed E-state index contributed by atoms with van der Waals surface area (Å²) in [6.07, 6.45) is 1.63. The molecule has 2 aromatic rings. The minimum atomic E-state index is -1.14. The minimum absolute atomic E-state index is 0.0559. The van der Waals surface area contributed by atoms with Crippen LogP contribution in [0, 0.1) is 12.8 Å². The number of amides is 2. The van der Waals surface area contributed by atoms with E-state index < -0.39 is 41.8 Å². The molecule has 1 N–H and O–H groups in total. The summed E-state index contributed by atoms with van der Waals surface area (Å²) in [6.45, 7) is 7.67. The number of carboxylic acid groups (broad SMARTS) is 1. The largest absolute Gasteiger partial charge is 0.487 e. The summed E-state index contributed by atoms with van der Waals surface area (Å²) in [6, 6.07) is 2.15. The lowest BCUT2D eigenvalue weighted by Crippen LogP contribution is -2.65. The van der Waals surface area contributed by atoms with Gasteiger partial charge in [0.2, 0.25) is 0 Å². The zero-order valence-corrected chi connectivity index (χ0v) is 26.2. The second kappa shape index (κ2) is 13.0. The van der Waals surface area contributed by atoms with Gasteiger partial charge in [0.25, 0.3) is 5.19 Å². The molecule has 11 nitrogen and oxygen atoms in total. The van der Waals surface area contributed by atoms with Crippen molar-refractivity contribution in [3.63, 3.8) is 0 Å². The molecule has 3 heterocycles. The summed E-state index contributed by atoms with van der Waals surface area (Å²) in [5.74, 6) is -0.728.